The van der Waals surface area contributed by atoms with E-state index >= 15 is 0 Å². The molecule has 0 radical (unpaired) electrons. The Labute approximate surface area is 110 Å². The number of quaternary nitrogens is 1. The van der Waals surface area contributed by atoms with Gasteiger partial charge in [0.1, 0.15) is 6.54 Å². The smallest absolute Gasteiger partial charge is 0.191 e. The zero-order chi connectivity index (χ0) is 13.6. The molecule has 0 heterocycles. The van der Waals surface area contributed by atoms with E-state index in [-0.39, 0.29) is 0 Å². The molecule has 0 spiro atoms. The van der Waals surface area contributed by atoms with E-state index in [9.17, 15) is 4.79 Å². The predicted molar refractivity (Wildman–Crippen MR) is 76.3 cm³/mol. The zero-order valence-corrected chi connectivity index (χ0v) is 11.8. The second kappa shape index (κ2) is 6.55. The van der Waals surface area contributed by atoms with Crippen LogP contribution in [0.15, 0.2) is 24.3 Å². The Morgan fingerprint density at radius 2 is 1.56 bits per heavy atom. The van der Waals surface area contributed by atoms with Gasteiger partial charge in [0.2, 0.25) is 0 Å². The summed E-state index contributed by atoms with van der Waals surface area (Å²) in [6.45, 7) is 10.1. The number of hydrogen-bond donors (Lipinski definition) is 1. The molecule has 0 aliphatic carbocycles. The van der Waals surface area contributed by atoms with Crippen molar-refractivity contribution in [1.29, 1.82) is 0 Å². The Bertz CT molecular complexity index is 372. The largest absolute Gasteiger partial charge is 0.399 e. The lowest BCUT2D eigenvalue weighted by molar-refractivity contribution is -0.915. The quantitative estimate of drug-likeness (QED) is 0.595. The molecule has 0 atom stereocenters. The van der Waals surface area contributed by atoms with Gasteiger partial charge in [0.05, 0.1) is 19.6 Å². The molecular weight excluding hydrogens is 224 g/mol. The van der Waals surface area contributed by atoms with Crippen LogP contribution in [0.5, 0.6) is 0 Å². The van der Waals surface area contributed by atoms with Crippen molar-refractivity contribution in [3.8, 4) is 0 Å². The Balaban J connectivity index is 2.63. The van der Waals surface area contributed by atoms with E-state index in [0.717, 1.165) is 35.4 Å². The summed E-state index contributed by atoms with van der Waals surface area (Å²) in [5.41, 5.74) is 7.43. The number of Topliss-reactive ketones (excluding diaryl/α,β-unsaturated/α-hetero) is 1. The van der Waals surface area contributed by atoms with Gasteiger partial charge < -0.3 is 10.2 Å². The van der Waals surface area contributed by atoms with Gasteiger partial charge in [-0.15, -0.1) is 0 Å². The molecule has 1 aromatic carbocycles. The summed E-state index contributed by atoms with van der Waals surface area (Å²) in [5, 5.41) is 0. The normalized spacial score (nSPS) is 11.5. The van der Waals surface area contributed by atoms with Crippen LogP contribution in [0.25, 0.3) is 0 Å². The second-order valence-corrected chi connectivity index (χ2v) is 4.91. The van der Waals surface area contributed by atoms with Crippen LogP contribution in [0.1, 0.15) is 26.3 Å². The minimum Gasteiger partial charge on any atom is -0.399 e. The van der Waals surface area contributed by atoms with Crippen LogP contribution < -0.4 is 5.73 Å². The van der Waals surface area contributed by atoms with Crippen LogP contribution in [0.3, 0.4) is 0 Å². The number of likely N-dealkylation sites (N-methyl/N-ethyl adjacent to an activating group) is 1. The zero-order valence-electron chi connectivity index (χ0n) is 11.8. The summed E-state index contributed by atoms with van der Waals surface area (Å²) in [5.74, 6) is 0.310. The van der Waals surface area contributed by atoms with Crippen LogP contribution in [0.2, 0.25) is 0 Å². The van der Waals surface area contributed by atoms with E-state index in [1.807, 2.05) is 24.3 Å². The number of nitrogen functional groups attached to an aromatic ring is 1. The molecule has 0 aliphatic heterocycles. The number of ketones is 1. The first-order valence-corrected chi connectivity index (χ1v) is 6.76. The van der Waals surface area contributed by atoms with Crippen molar-refractivity contribution in [2.24, 2.45) is 0 Å². The number of benzene rings is 1. The molecule has 0 amide bonds. The Kier molecular flexibility index (Phi) is 5.35. The fourth-order valence-electron chi connectivity index (χ4n) is 2.30. The molecule has 3 heteroatoms. The molecule has 0 bridgehead atoms. The number of rotatable bonds is 7. The molecule has 0 saturated carbocycles. The minimum atomic E-state index is 0.310. The van der Waals surface area contributed by atoms with E-state index in [4.69, 9.17) is 5.73 Å². The first-order chi connectivity index (χ1) is 8.55. The van der Waals surface area contributed by atoms with Gasteiger partial charge in [-0.3, -0.25) is 4.79 Å². The maximum absolute atomic E-state index is 12.1. The molecule has 0 fully saturated rings. The van der Waals surface area contributed by atoms with Crippen molar-refractivity contribution in [1.82, 2.24) is 0 Å². The van der Waals surface area contributed by atoms with E-state index in [2.05, 4.69) is 20.8 Å². The molecular formula is C15H25N2O+. The summed E-state index contributed by atoms with van der Waals surface area (Å²) >= 11 is 0. The highest BCUT2D eigenvalue weighted by atomic mass is 16.1. The van der Waals surface area contributed by atoms with Gasteiger partial charge in [0.15, 0.2) is 5.78 Å². The lowest BCUT2D eigenvalue weighted by Gasteiger charge is -2.35. The van der Waals surface area contributed by atoms with Gasteiger partial charge >= 0.3 is 0 Å². The molecule has 0 saturated heterocycles. The standard InChI is InChI=1S/C15H25N2O/c1-4-17(5-2,6-3)12-15(18)11-13-7-9-14(16)10-8-13/h7-10H,4-6,11-12,16H2,1-3H3/q+1. The second-order valence-electron chi connectivity index (χ2n) is 4.91. The van der Waals surface area contributed by atoms with Gasteiger partial charge in [-0.25, -0.2) is 0 Å². The minimum absolute atomic E-state index is 0.310. The fourth-order valence-corrected chi connectivity index (χ4v) is 2.30. The fraction of sp³-hybridized carbons (Fsp3) is 0.533. The van der Waals surface area contributed by atoms with Crippen LogP contribution in [0.4, 0.5) is 5.69 Å². The summed E-state index contributed by atoms with van der Waals surface area (Å²) in [6, 6.07) is 7.58. The number of carbonyl (C=O) groups excluding carboxylic acids is 1. The molecule has 18 heavy (non-hydrogen) atoms. The van der Waals surface area contributed by atoms with Crippen molar-refractivity contribution in [2.75, 3.05) is 31.9 Å². The third kappa shape index (κ3) is 3.84. The molecule has 0 aromatic heterocycles. The van der Waals surface area contributed by atoms with Crippen molar-refractivity contribution < 1.29 is 9.28 Å². The summed E-state index contributed by atoms with van der Waals surface area (Å²) in [6.07, 6.45) is 0.514. The molecule has 1 rings (SSSR count). The highest BCUT2D eigenvalue weighted by molar-refractivity contribution is 5.82. The van der Waals surface area contributed by atoms with Crippen molar-refractivity contribution >= 4 is 11.5 Å². The van der Waals surface area contributed by atoms with Crippen LogP contribution >= 0.6 is 0 Å². The average molecular weight is 249 g/mol. The molecule has 100 valence electrons. The summed E-state index contributed by atoms with van der Waals surface area (Å²) in [4.78, 5) is 12.1. The van der Waals surface area contributed by atoms with Crippen LogP contribution in [0, 0.1) is 0 Å². The van der Waals surface area contributed by atoms with Crippen molar-refractivity contribution in [3.05, 3.63) is 29.8 Å². The molecule has 2 N–H and O–H groups in total. The first kappa shape index (κ1) is 14.7. The Morgan fingerprint density at radius 1 is 1.06 bits per heavy atom. The van der Waals surface area contributed by atoms with Gasteiger partial charge in [0.25, 0.3) is 0 Å². The topological polar surface area (TPSA) is 43.1 Å². The van der Waals surface area contributed by atoms with E-state index in [0.29, 0.717) is 18.7 Å². The molecule has 1 aromatic rings. The van der Waals surface area contributed by atoms with Gasteiger partial charge in [-0.1, -0.05) is 12.1 Å². The highest BCUT2D eigenvalue weighted by Gasteiger charge is 2.24. The van der Waals surface area contributed by atoms with Crippen molar-refractivity contribution in [2.45, 2.75) is 27.2 Å². The molecule has 0 unspecified atom stereocenters. The summed E-state index contributed by atoms with van der Waals surface area (Å²) in [7, 11) is 0. The number of anilines is 1. The van der Waals surface area contributed by atoms with Crippen LogP contribution in [-0.4, -0.2) is 36.4 Å². The summed E-state index contributed by atoms with van der Waals surface area (Å²) < 4.78 is 0.883. The van der Waals surface area contributed by atoms with Gasteiger partial charge in [0, 0.05) is 12.1 Å². The maximum atomic E-state index is 12.1. The number of nitrogens with two attached hydrogens (primary N) is 1. The van der Waals surface area contributed by atoms with Crippen molar-refractivity contribution in [3.63, 3.8) is 0 Å². The van der Waals surface area contributed by atoms with E-state index < -0.39 is 0 Å². The predicted octanol–water partition coefficient (Wildman–Crippen LogP) is 2.26. The van der Waals surface area contributed by atoms with Crippen LogP contribution in [-0.2, 0) is 11.2 Å². The SMILES string of the molecule is CC[N+](CC)(CC)CC(=O)Cc1ccc(N)cc1. The first-order valence-electron chi connectivity index (χ1n) is 6.76. The Morgan fingerprint density at radius 3 is 2.00 bits per heavy atom. The third-order valence-corrected chi connectivity index (χ3v) is 3.91. The lowest BCUT2D eigenvalue weighted by atomic mass is 10.1. The lowest BCUT2D eigenvalue weighted by Crippen LogP contribution is -2.51. The van der Waals surface area contributed by atoms with E-state index in [1.165, 1.54) is 0 Å². The molecule has 0 aliphatic rings. The number of carbonyl (C=O) groups is 1. The maximum Gasteiger partial charge on any atom is 0.191 e. The number of nitrogens with zero attached hydrogens (tertiary/aromatic N) is 1. The third-order valence-electron chi connectivity index (χ3n) is 3.91. The van der Waals surface area contributed by atoms with Gasteiger partial charge in [-0.2, -0.15) is 0 Å². The monoisotopic (exact) mass is 249 g/mol. The average Bonchev–Trinajstić information content (AvgIpc) is 2.39. The number of hydrogen-bond acceptors (Lipinski definition) is 2. The molecule has 3 nitrogen and oxygen atoms in total. The van der Waals surface area contributed by atoms with Gasteiger partial charge in [-0.05, 0) is 38.5 Å². The highest BCUT2D eigenvalue weighted by Crippen LogP contribution is 2.10. The van der Waals surface area contributed by atoms with E-state index in [1.54, 1.807) is 0 Å². The Hall–Kier alpha value is -1.35.